The Labute approximate surface area is 77.4 Å². The van der Waals surface area contributed by atoms with Gasteiger partial charge in [-0.1, -0.05) is 0 Å². The minimum absolute atomic E-state index is 0.620. The summed E-state index contributed by atoms with van der Waals surface area (Å²) < 4.78 is 38.0. The van der Waals surface area contributed by atoms with Crippen LogP contribution < -0.4 is 5.48 Å². The highest BCUT2D eigenvalue weighted by Crippen LogP contribution is 2.14. The van der Waals surface area contributed by atoms with Crippen LogP contribution in [0.3, 0.4) is 0 Å². The van der Waals surface area contributed by atoms with Crippen LogP contribution in [-0.4, -0.2) is 13.0 Å². The first-order chi connectivity index (χ1) is 6.57. The number of amides is 1. The van der Waals surface area contributed by atoms with E-state index < -0.39 is 28.9 Å². The molecule has 0 atom stereocenters. The maximum atomic E-state index is 12.9. The average Bonchev–Trinajstić information content (AvgIpc) is 2.15. The summed E-state index contributed by atoms with van der Waals surface area (Å²) in [5.41, 5.74) is 1.16. The number of hydroxylamine groups is 1. The number of carbonyl (C=O) groups is 1. The maximum absolute atomic E-state index is 12.9. The van der Waals surface area contributed by atoms with E-state index in [1.165, 1.54) is 0 Å². The van der Waals surface area contributed by atoms with Crippen molar-refractivity contribution in [1.29, 1.82) is 0 Å². The smallest absolute Gasteiger partial charge is 0.277 e. The van der Waals surface area contributed by atoms with Gasteiger partial charge in [0.1, 0.15) is 0 Å². The van der Waals surface area contributed by atoms with Crippen molar-refractivity contribution in [3.05, 3.63) is 35.1 Å². The van der Waals surface area contributed by atoms with Gasteiger partial charge in [-0.15, -0.1) is 0 Å². The molecule has 0 fully saturated rings. The third kappa shape index (κ3) is 1.85. The Morgan fingerprint density at radius 3 is 2.50 bits per heavy atom. The molecule has 1 aromatic rings. The molecule has 3 nitrogen and oxygen atoms in total. The second kappa shape index (κ2) is 4.10. The zero-order valence-corrected chi connectivity index (χ0v) is 7.11. The Morgan fingerprint density at radius 1 is 1.29 bits per heavy atom. The van der Waals surface area contributed by atoms with E-state index in [4.69, 9.17) is 0 Å². The molecule has 0 bridgehead atoms. The molecular weight excluding hydrogens is 199 g/mol. The van der Waals surface area contributed by atoms with E-state index in [1.807, 2.05) is 0 Å². The molecular formula is C8H6F3NO2. The van der Waals surface area contributed by atoms with Crippen LogP contribution in [0.2, 0.25) is 0 Å². The van der Waals surface area contributed by atoms with Crippen LogP contribution in [0.5, 0.6) is 0 Å². The summed E-state index contributed by atoms with van der Waals surface area (Å²) in [4.78, 5) is 15.2. The fraction of sp³-hybridized carbons (Fsp3) is 0.125. The molecule has 0 spiro atoms. The Balaban J connectivity index is 3.11. The molecule has 1 rings (SSSR count). The molecule has 76 valence electrons. The second-order valence-electron chi connectivity index (χ2n) is 2.36. The van der Waals surface area contributed by atoms with E-state index >= 15 is 0 Å². The number of carbonyl (C=O) groups excluding carboxylic acids is 1. The van der Waals surface area contributed by atoms with Gasteiger partial charge in [0, 0.05) is 0 Å². The van der Waals surface area contributed by atoms with Gasteiger partial charge in [0.2, 0.25) is 0 Å². The summed E-state index contributed by atoms with van der Waals surface area (Å²) in [5.74, 6) is -5.56. The van der Waals surface area contributed by atoms with Gasteiger partial charge in [-0.2, -0.15) is 0 Å². The van der Waals surface area contributed by atoms with Gasteiger partial charge < -0.3 is 0 Å². The molecule has 0 aliphatic heterocycles. The lowest BCUT2D eigenvalue weighted by molar-refractivity contribution is 0.0532. The highest BCUT2D eigenvalue weighted by Gasteiger charge is 2.18. The summed E-state index contributed by atoms with van der Waals surface area (Å²) in [7, 11) is 1.13. The molecule has 0 aromatic heterocycles. The van der Waals surface area contributed by atoms with Crippen LogP contribution in [0, 0.1) is 17.5 Å². The molecule has 0 aliphatic carbocycles. The van der Waals surface area contributed by atoms with E-state index in [2.05, 4.69) is 4.84 Å². The topological polar surface area (TPSA) is 38.3 Å². The van der Waals surface area contributed by atoms with Gasteiger partial charge in [-0.25, -0.2) is 18.7 Å². The minimum Gasteiger partial charge on any atom is -0.277 e. The molecule has 0 saturated carbocycles. The van der Waals surface area contributed by atoms with Crippen molar-refractivity contribution >= 4 is 5.91 Å². The largest absolute Gasteiger partial charge is 0.277 e. The normalized spacial score (nSPS) is 10.0. The Bertz CT molecular complexity index is 368. The van der Waals surface area contributed by atoms with Gasteiger partial charge in [-0.05, 0) is 12.1 Å². The number of halogens is 3. The zero-order valence-electron chi connectivity index (χ0n) is 7.11. The molecule has 0 aliphatic rings. The highest BCUT2D eigenvalue weighted by molar-refractivity contribution is 5.93. The molecule has 0 heterocycles. The zero-order chi connectivity index (χ0) is 10.7. The second-order valence-corrected chi connectivity index (χ2v) is 2.36. The lowest BCUT2D eigenvalue weighted by Gasteiger charge is -2.03. The number of rotatable bonds is 2. The molecule has 1 N–H and O–H groups in total. The van der Waals surface area contributed by atoms with Crippen LogP contribution in [0.25, 0.3) is 0 Å². The van der Waals surface area contributed by atoms with Crippen molar-refractivity contribution in [1.82, 2.24) is 5.48 Å². The first-order valence-corrected chi connectivity index (χ1v) is 3.54. The van der Waals surface area contributed by atoms with Crippen molar-refractivity contribution in [3.63, 3.8) is 0 Å². The number of hydrogen-bond donors (Lipinski definition) is 1. The summed E-state index contributed by atoms with van der Waals surface area (Å²) in [6.07, 6.45) is 0. The standard InChI is InChI=1S/C8H6F3NO2/c1-14-12-8(13)4-2-3-5(9)7(11)6(4)10/h2-3H,1H3,(H,12,13). The highest BCUT2D eigenvalue weighted by atomic mass is 19.2. The fourth-order valence-corrected chi connectivity index (χ4v) is 0.849. The van der Waals surface area contributed by atoms with Crippen LogP contribution in [0.15, 0.2) is 12.1 Å². The quantitative estimate of drug-likeness (QED) is 0.585. The van der Waals surface area contributed by atoms with Crippen molar-refractivity contribution in [2.24, 2.45) is 0 Å². The maximum Gasteiger partial charge on any atom is 0.277 e. The Kier molecular flexibility index (Phi) is 3.08. The number of benzene rings is 1. The van der Waals surface area contributed by atoms with Crippen LogP contribution in [0.1, 0.15) is 10.4 Å². The van der Waals surface area contributed by atoms with E-state index in [9.17, 15) is 18.0 Å². The summed E-state index contributed by atoms with van der Waals surface area (Å²) in [5, 5.41) is 0. The first kappa shape index (κ1) is 10.5. The van der Waals surface area contributed by atoms with E-state index in [1.54, 1.807) is 5.48 Å². The van der Waals surface area contributed by atoms with E-state index in [0.717, 1.165) is 13.2 Å². The Morgan fingerprint density at radius 2 is 1.93 bits per heavy atom. The van der Waals surface area contributed by atoms with E-state index in [0.29, 0.717) is 6.07 Å². The van der Waals surface area contributed by atoms with E-state index in [-0.39, 0.29) is 0 Å². The monoisotopic (exact) mass is 205 g/mol. The predicted octanol–water partition coefficient (Wildman–Crippen LogP) is 1.40. The molecule has 6 heteroatoms. The van der Waals surface area contributed by atoms with Gasteiger partial charge in [0.05, 0.1) is 12.7 Å². The summed E-state index contributed by atoms with van der Waals surface area (Å²) in [6, 6.07) is 1.48. The average molecular weight is 205 g/mol. The first-order valence-electron chi connectivity index (χ1n) is 3.54. The molecule has 0 unspecified atom stereocenters. The summed E-state index contributed by atoms with van der Waals surface area (Å²) >= 11 is 0. The lowest BCUT2D eigenvalue weighted by Crippen LogP contribution is -2.23. The van der Waals surface area contributed by atoms with Crippen molar-refractivity contribution in [2.75, 3.05) is 7.11 Å². The molecule has 1 aromatic carbocycles. The van der Waals surface area contributed by atoms with Crippen LogP contribution >= 0.6 is 0 Å². The third-order valence-corrected chi connectivity index (χ3v) is 1.47. The molecule has 1 amide bonds. The molecule has 14 heavy (non-hydrogen) atoms. The van der Waals surface area contributed by atoms with Crippen molar-refractivity contribution < 1.29 is 22.8 Å². The van der Waals surface area contributed by atoms with Crippen LogP contribution in [-0.2, 0) is 4.84 Å². The SMILES string of the molecule is CONC(=O)c1ccc(F)c(F)c1F. The number of hydrogen-bond acceptors (Lipinski definition) is 2. The predicted molar refractivity (Wildman–Crippen MR) is 40.8 cm³/mol. The van der Waals surface area contributed by atoms with Crippen molar-refractivity contribution in [3.8, 4) is 0 Å². The lowest BCUT2D eigenvalue weighted by atomic mass is 10.2. The molecule has 0 radical (unpaired) electrons. The summed E-state index contributed by atoms with van der Waals surface area (Å²) in [6.45, 7) is 0. The third-order valence-electron chi connectivity index (χ3n) is 1.47. The van der Waals surface area contributed by atoms with Gasteiger partial charge >= 0.3 is 0 Å². The van der Waals surface area contributed by atoms with Gasteiger partial charge in [0.25, 0.3) is 5.91 Å². The Hall–Kier alpha value is -1.56. The minimum atomic E-state index is -1.69. The van der Waals surface area contributed by atoms with Gasteiger partial charge in [-0.3, -0.25) is 9.63 Å². The molecule has 0 saturated heterocycles. The fourth-order valence-electron chi connectivity index (χ4n) is 0.849. The number of nitrogens with one attached hydrogen (secondary N) is 1. The van der Waals surface area contributed by atoms with Gasteiger partial charge in [0.15, 0.2) is 17.5 Å². The van der Waals surface area contributed by atoms with Crippen LogP contribution in [0.4, 0.5) is 13.2 Å². The van der Waals surface area contributed by atoms with Crippen molar-refractivity contribution in [2.45, 2.75) is 0 Å².